The molecule has 0 amide bonds. The first kappa shape index (κ1) is 13.8. The number of aromatic amines is 1. The summed E-state index contributed by atoms with van der Waals surface area (Å²) in [6.07, 6.45) is 0. The summed E-state index contributed by atoms with van der Waals surface area (Å²) in [5.41, 5.74) is 6.12. The molecule has 1 aromatic heterocycles. The van der Waals surface area contributed by atoms with E-state index in [1.807, 2.05) is 7.05 Å². The van der Waals surface area contributed by atoms with Crippen molar-refractivity contribution in [1.82, 2.24) is 15.5 Å². The molecule has 0 spiro atoms. The third-order valence-electron chi connectivity index (χ3n) is 3.45. The lowest BCUT2D eigenvalue weighted by atomic mass is 9.86. The minimum atomic E-state index is 0.188. The minimum absolute atomic E-state index is 0.188. The van der Waals surface area contributed by atoms with Gasteiger partial charge >= 0.3 is 0 Å². The van der Waals surface area contributed by atoms with Crippen LogP contribution in [0, 0.1) is 6.92 Å². The second-order valence-electron chi connectivity index (χ2n) is 6.03. The molecule has 2 aromatic rings. The van der Waals surface area contributed by atoms with E-state index >= 15 is 0 Å². The van der Waals surface area contributed by atoms with Gasteiger partial charge in [0.1, 0.15) is 0 Å². The molecule has 2 N–H and O–H groups in total. The fourth-order valence-electron chi connectivity index (χ4n) is 2.21. The van der Waals surface area contributed by atoms with Crippen LogP contribution < -0.4 is 5.32 Å². The molecule has 0 aliphatic heterocycles. The maximum absolute atomic E-state index is 4.43. The van der Waals surface area contributed by atoms with Crippen LogP contribution in [-0.4, -0.2) is 17.2 Å². The smallest absolute Gasteiger partial charge is 0.0968 e. The summed E-state index contributed by atoms with van der Waals surface area (Å²) in [4.78, 5) is 0. The van der Waals surface area contributed by atoms with E-state index in [9.17, 15) is 0 Å². The maximum Gasteiger partial charge on any atom is 0.0968 e. The van der Waals surface area contributed by atoms with Crippen molar-refractivity contribution in [2.45, 2.75) is 39.7 Å². The molecule has 19 heavy (non-hydrogen) atoms. The first-order valence-corrected chi connectivity index (χ1v) is 6.73. The van der Waals surface area contributed by atoms with E-state index in [1.54, 1.807) is 0 Å². The van der Waals surface area contributed by atoms with Crippen LogP contribution in [-0.2, 0) is 12.0 Å². The molecule has 3 heteroatoms. The number of hydrogen-bond donors (Lipinski definition) is 2. The van der Waals surface area contributed by atoms with Gasteiger partial charge in [-0.1, -0.05) is 45.0 Å². The zero-order chi connectivity index (χ0) is 14.0. The Hall–Kier alpha value is -1.61. The van der Waals surface area contributed by atoms with Crippen LogP contribution in [0.1, 0.15) is 37.6 Å². The molecule has 0 radical (unpaired) electrons. The largest absolute Gasteiger partial charge is 0.316 e. The molecule has 0 fully saturated rings. The van der Waals surface area contributed by atoms with Crippen LogP contribution in [0.3, 0.4) is 0 Å². The molecular formula is C16H23N3. The molecule has 0 aliphatic rings. The van der Waals surface area contributed by atoms with Crippen LogP contribution in [0.25, 0.3) is 11.3 Å². The zero-order valence-corrected chi connectivity index (χ0v) is 12.5. The fourth-order valence-corrected chi connectivity index (χ4v) is 2.21. The third-order valence-corrected chi connectivity index (χ3v) is 3.45. The number of nitrogens with zero attached hydrogens (tertiary/aromatic N) is 1. The van der Waals surface area contributed by atoms with E-state index in [-0.39, 0.29) is 5.41 Å². The van der Waals surface area contributed by atoms with E-state index in [0.29, 0.717) is 0 Å². The standard InChI is InChI=1S/C16H23N3/c1-11-14(10-17-5)15(19-18-11)12-6-8-13(9-7-12)16(2,3)4/h6-9,17H,10H2,1-5H3,(H,18,19). The van der Waals surface area contributed by atoms with Crippen molar-refractivity contribution < 1.29 is 0 Å². The number of H-pyrrole nitrogens is 1. The molecule has 1 heterocycles. The van der Waals surface area contributed by atoms with Crippen LogP contribution in [0.5, 0.6) is 0 Å². The lowest BCUT2D eigenvalue weighted by molar-refractivity contribution is 0.590. The van der Waals surface area contributed by atoms with E-state index < -0.39 is 0 Å². The van der Waals surface area contributed by atoms with Crippen molar-refractivity contribution in [2.24, 2.45) is 0 Å². The second kappa shape index (κ2) is 5.17. The molecule has 0 unspecified atom stereocenters. The molecule has 2 rings (SSSR count). The number of hydrogen-bond acceptors (Lipinski definition) is 2. The van der Waals surface area contributed by atoms with Crippen molar-refractivity contribution >= 4 is 0 Å². The highest BCUT2D eigenvalue weighted by atomic mass is 15.1. The monoisotopic (exact) mass is 257 g/mol. The first-order valence-electron chi connectivity index (χ1n) is 6.73. The highest BCUT2D eigenvalue weighted by Gasteiger charge is 2.15. The van der Waals surface area contributed by atoms with E-state index in [0.717, 1.165) is 17.9 Å². The third kappa shape index (κ3) is 2.87. The van der Waals surface area contributed by atoms with Gasteiger partial charge in [-0.25, -0.2) is 0 Å². The number of aryl methyl sites for hydroxylation is 1. The number of nitrogens with one attached hydrogen (secondary N) is 2. The molecule has 0 saturated carbocycles. The summed E-state index contributed by atoms with van der Waals surface area (Å²) >= 11 is 0. The van der Waals surface area contributed by atoms with Crippen LogP contribution >= 0.6 is 0 Å². The van der Waals surface area contributed by atoms with Crippen LogP contribution in [0.15, 0.2) is 24.3 Å². The van der Waals surface area contributed by atoms with Crippen molar-refractivity contribution in [1.29, 1.82) is 0 Å². The van der Waals surface area contributed by atoms with Gasteiger partial charge < -0.3 is 5.32 Å². The van der Waals surface area contributed by atoms with Crippen molar-refractivity contribution in [3.05, 3.63) is 41.1 Å². The van der Waals surface area contributed by atoms with Gasteiger partial charge in [-0.15, -0.1) is 0 Å². The summed E-state index contributed by atoms with van der Waals surface area (Å²) < 4.78 is 0. The van der Waals surface area contributed by atoms with Crippen molar-refractivity contribution in [3.8, 4) is 11.3 Å². The van der Waals surface area contributed by atoms with Crippen LogP contribution in [0.4, 0.5) is 0 Å². The normalized spacial score (nSPS) is 11.8. The molecule has 0 saturated heterocycles. The van der Waals surface area contributed by atoms with E-state index in [2.05, 4.69) is 67.5 Å². The van der Waals surface area contributed by atoms with Gasteiger partial charge in [0.2, 0.25) is 0 Å². The highest BCUT2D eigenvalue weighted by Crippen LogP contribution is 2.27. The van der Waals surface area contributed by atoms with E-state index in [4.69, 9.17) is 0 Å². The quantitative estimate of drug-likeness (QED) is 0.884. The lowest BCUT2D eigenvalue weighted by Gasteiger charge is -2.19. The van der Waals surface area contributed by atoms with Gasteiger partial charge in [-0.2, -0.15) is 5.10 Å². The number of benzene rings is 1. The molecule has 1 aromatic carbocycles. The van der Waals surface area contributed by atoms with Gasteiger partial charge in [-0.3, -0.25) is 5.10 Å². The first-order chi connectivity index (χ1) is 8.93. The van der Waals surface area contributed by atoms with Gasteiger partial charge in [0.15, 0.2) is 0 Å². The van der Waals surface area contributed by atoms with Gasteiger partial charge in [0, 0.05) is 23.4 Å². The number of aromatic nitrogens is 2. The summed E-state index contributed by atoms with van der Waals surface area (Å²) in [5.74, 6) is 0. The van der Waals surface area contributed by atoms with Gasteiger partial charge in [-0.05, 0) is 24.9 Å². The van der Waals surface area contributed by atoms with Gasteiger partial charge in [0.25, 0.3) is 0 Å². The summed E-state index contributed by atoms with van der Waals surface area (Å²) in [6, 6.07) is 8.72. The predicted octanol–water partition coefficient (Wildman–Crippen LogP) is 3.40. The van der Waals surface area contributed by atoms with Gasteiger partial charge in [0.05, 0.1) is 5.69 Å². The Morgan fingerprint density at radius 3 is 2.32 bits per heavy atom. The summed E-state index contributed by atoms with van der Waals surface area (Å²) in [6.45, 7) is 9.58. The molecule has 0 atom stereocenters. The topological polar surface area (TPSA) is 40.7 Å². The average Bonchev–Trinajstić information content (AvgIpc) is 2.71. The Balaban J connectivity index is 2.38. The maximum atomic E-state index is 4.43. The predicted molar refractivity (Wildman–Crippen MR) is 80.2 cm³/mol. The summed E-state index contributed by atoms with van der Waals surface area (Å²) in [5, 5.41) is 10.7. The highest BCUT2D eigenvalue weighted by molar-refractivity contribution is 5.64. The molecular weight excluding hydrogens is 234 g/mol. The Labute approximate surface area is 115 Å². The summed E-state index contributed by atoms with van der Waals surface area (Å²) in [7, 11) is 1.96. The van der Waals surface area contributed by atoms with Crippen molar-refractivity contribution in [3.63, 3.8) is 0 Å². The Morgan fingerprint density at radius 1 is 1.16 bits per heavy atom. The zero-order valence-electron chi connectivity index (χ0n) is 12.5. The molecule has 3 nitrogen and oxygen atoms in total. The lowest BCUT2D eigenvalue weighted by Crippen LogP contribution is -2.10. The fraction of sp³-hybridized carbons (Fsp3) is 0.438. The Bertz CT molecular complexity index is 544. The Morgan fingerprint density at radius 2 is 1.79 bits per heavy atom. The molecule has 0 bridgehead atoms. The van der Waals surface area contributed by atoms with Crippen molar-refractivity contribution in [2.75, 3.05) is 7.05 Å². The second-order valence-corrected chi connectivity index (χ2v) is 6.03. The number of rotatable bonds is 3. The average molecular weight is 257 g/mol. The minimum Gasteiger partial charge on any atom is -0.316 e. The Kier molecular flexibility index (Phi) is 3.76. The van der Waals surface area contributed by atoms with Crippen LogP contribution in [0.2, 0.25) is 0 Å². The molecule has 102 valence electrons. The SMILES string of the molecule is CNCc1c(-c2ccc(C(C)(C)C)cc2)n[nH]c1C. The molecule has 0 aliphatic carbocycles. The van der Waals surface area contributed by atoms with E-state index in [1.165, 1.54) is 16.7 Å².